The number of rotatable bonds is 3. The average molecular weight is 220 g/mol. The van der Waals surface area contributed by atoms with Crippen molar-refractivity contribution in [3.63, 3.8) is 0 Å². The maximum atomic E-state index is 13.1. The summed E-state index contributed by atoms with van der Waals surface area (Å²) in [6.45, 7) is 7.07. The molecule has 0 unspecified atom stereocenters. The first kappa shape index (κ1) is 11.1. The van der Waals surface area contributed by atoms with Crippen molar-refractivity contribution in [2.24, 2.45) is 0 Å². The van der Waals surface area contributed by atoms with E-state index in [1.54, 1.807) is 6.07 Å². The van der Waals surface area contributed by atoms with Crippen molar-refractivity contribution >= 4 is 10.9 Å². The Morgan fingerprint density at radius 1 is 1.38 bits per heavy atom. The zero-order valence-electron chi connectivity index (χ0n) is 9.89. The number of hydrogen-bond acceptors (Lipinski definition) is 1. The lowest BCUT2D eigenvalue weighted by atomic mass is 10.1. The monoisotopic (exact) mass is 220 g/mol. The second-order valence-electron chi connectivity index (χ2n) is 4.45. The Morgan fingerprint density at radius 3 is 2.81 bits per heavy atom. The Morgan fingerprint density at radius 2 is 2.12 bits per heavy atom. The van der Waals surface area contributed by atoms with Crippen LogP contribution in [0.1, 0.15) is 25.1 Å². The quantitative estimate of drug-likeness (QED) is 0.817. The van der Waals surface area contributed by atoms with Crippen LogP contribution in [0.3, 0.4) is 0 Å². The molecule has 2 nitrogen and oxygen atoms in total. The molecular weight excluding hydrogens is 203 g/mol. The van der Waals surface area contributed by atoms with Crippen molar-refractivity contribution in [1.29, 1.82) is 0 Å². The predicted octanol–water partition coefficient (Wildman–Crippen LogP) is 3.11. The summed E-state index contributed by atoms with van der Waals surface area (Å²) in [5.74, 6) is -0.197. The fourth-order valence-corrected chi connectivity index (χ4v) is 1.85. The van der Waals surface area contributed by atoms with Crippen LogP contribution in [0.2, 0.25) is 0 Å². The minimum atomic E-state index is -0.197. The highest BCUT2D eigenvalue weighted by Gasteiger charge is 2.08. The first-order valence-electron chi connectivity index (χ1n) is 5.58. The van der Waals surface area contributed by atoms with Gasteiger partial charge in [0.25, 0.3) is 0 Å². The van der Waals surface area contributed by atoms with Gasteiger partial charge in [0.1, 0.15) is 5.82 Å². The number of H-pyrrole nitrogens is 1. The summed E-state index contributed by atoms with van der Waals surface area (Å²) in [6.07, 6.45) is 0. The average Bonchev–Trinajstić information content (AvgIpc) is 2.52. The molecule has 16 heavy (non-hydrogen) atoms. The third-order valence-electron chi connectivity index (χ3n) is 2.81. The summed E-state index contributed by atoms with van der Waals surface area (Å²) in [7, 11) is 0. The van der Waals surface area contributed by atoms with Gasteiger partial charge in [-0.05, 0) is 30.7 Å². The van der Waals surface area contributed by atoms with Crippen LogP contribution in [0, 0.1) is 12.7 Å². The van der Waals surface area contributed by atoms with Gasteiger partial charge in [-0.15, -0.1) is 0 Å². The Balaban J connectivity index is 2.36. The van der Waals surface area contributed by atoms with Crippen LogP contribution in [-0.4, -0.2) is 11.0 Å². The summed E-state index contributed by atoms with van der Waals surface area (Å²) in [6, 6.07) is 5.32. The molecule has 1 aromatic carbocycles. The van der Waals surface area contributed by atoms with E-state index in [-0.39, 0.29) is 5.82 Å². The highest BCUT2D eigenvalue weighted by molar-refractivity contribution is 5.84. The lowest BCUT2D eigenvalue weighted by Gasteiger charge is -2.07. The predicted molar refractivity (Wildman–Crippen MR) is 65.0 cm³/mol. The summed E-state index contributed by atoms with van der Waals surface area (Å²) in [5, 5.41) is 4.45. The molecule has 2 N–H and O–H groups in total. The number of aromatic amines is 1. The molecule has 0 spiro atoms. The van der Waals surface area contributed by atoms with Gasteiger partial charge in [-0.2, -0.15) is 0 Å². The number of aromatic nitrogens is 1. The maximum Gasteiger partial charge on any atom is 0.125 e. The van der Waals surface area contributed by atoms with Crippen LogP contribution in [-0.2, 0) is 6.54 Å². The van der Waals surface area contributed by atoms with Gasteiger partial charge in [0, 0.05) is 29.2 Å². The third-order valence-corrected chi connectivity index (χ3v) is 2.81. The molecular formula is C13H17FN2. The molecule has 0 aliphatic heterocycles. The van der Waals surface area contributed by atoms with E-state index in [1.165, 1.54) is 11.6 Å². The molecule has 0 amide bonds. The van der Waals surface area contributed by atoms with Gasteiger partial charge < -0.3 is 10.3 Å². The van der Waals surface area contributed by atoms with E-state index in [2.05, 4.69) is 31.1 Å². The van der Waals surface area contributed by atoms with Crippen LogP contribution >= 0.6 is 0 Å². The number of halogens is 1. The van der Waals surface area contributed by atoms with E-state index in [9.17, 15) is 4.39 Å². The van der Waals surface area contributed by atoms with Gasteiger partial charge in [-0.1, -0.05) is 13.8 Å². The molecule has 0 fully saturated rings. The van der Waals surface area contributed by atoms with Gasteiger partial charge in [-0.3, -0.25) is 0 Å². The first-order valence-corrected chi connectivity index (χ1v) is 5.58. The summed E-state index contributed by atoms with van der Waals surface area (Å²) in [4.78, 5) is 3.26. The standard InChI is InChI=1S/C13H17FN2/c1-8(2)15-7-13-9(3)11-5-4-10(14)6-12(11)16-13/h4-6,8,15-16H,7H2,1-3H3. The topological polar surface area (TPSA) is 27.8 Å². The fourth-order valence-electron chi connectivity index (χ4n) is 1.85. The molecule has 2 aromatic rings. The van der Waals surface area contributed by atoms with Gasteiger partial charge in [0.05, 0.1) is 0 Å². The molecule has 2 rings (SSSR count). The Labute approximate surface area is 94.9 Å². The zero-order valence-corrected chi connectivity index (χ0v) is 9.89. The SMILES string of the molecule is Cc1c(CNC(C)C)[nH]c2cc(F)ccc12. The fraction of sp³-hybridized carbons (Fsp3) is 0.385. The molecule has 86 valence electrons. The van der Waals surface area contributed by atoms with Gasteiger partial charge in [0.15, 0.2) is 0 Å². The highest BCUT2D eigenvalue weighted by Crippen LogP contribution is 2.22. The largest absolute Gasteiger partial charge is 0.357 e. The smallest absolute Gasteiger partial charge is 0.125 e. The van der Waals surface area contributed by atoms with Crippen LogP contribution in [0.25, 0.3) is 10.9 Å². The van der Waals surface area contributed by atoms with Gasteiger partial charge in [-0.25, -0.2) is 4.39 Å². The summed E-state index contributed by atoms with van der Waals surface area (Å²) < 4.78 is 13.1. The molecule has 0 saturated carbocycles. The minimum absolute atomic E-state index is 0.197. The van der Waals surface area contributed by atoms with Gasteiger partial charge in [0.2, 0.25) is 0 Å². The Kier molecular flexibility index (Phi) is 2.97. The van der Waals surface area contributed by atoms with E-state index in [1.807, 2.05) is 6.07 Å². The van der Waals surface area contributed by atoms with Crippen molar-refractivity contribution in [3.05, 3.63) is 35.3 Å². The van der Waals surface area contributed by atoms with Crippen LogP contribution < -0.4 is 5.32 Å². The molecule has 0 aliphatic carbocycles. The zero-order chi connectivity index (χ0) is 11.7. The van der Waals surface area contributed by atoms with Crippen molar-refractivity contribution in [2.45, 2.75) is 33.4 Å². The molecule has 0 atom stereocenters. The Bertz CT molecular complexity index is 500. The van der Waals surface area contributed by atoms with Crippen molar-refractivity contribution in [3.8, 4) is 0 Å². The number of hydrogen-bond donors (Lipinski definition) is 2. The summed E-state index contributed by atoms with van der Waals surface area (Å²) >= 11 is 0. The van der Waals surface area contributed by atoms with E-state index in [0.29, 0.717) is 6.04 Å². The molecule has 0 radical (unpaired) electrons. The molecule has 1 aromatic heterocycles. The highest BCUT2D eigenvalue weighted by atomic mass is 19.1. The second kappa shape index (κ2) is 4.26. The van der Waals surface area contributed by atoms with E-state index < -0.39 is 0 Å². The second-order valence-corrected chi connectivity index (χ2v) is 4.45. The number of nitrogens with one attached hydrogen (secondary N) is 2. The van der Waals surface area contributed by atoms with Crippen molar-refractivity contribution < 1.29 is 4.39 Å². The van der Waals surface area contributed by atoms with E-state index >= 15 is 0 Å². The summed E-state index contributed by atoms with van der Waals surface area (Å²) in [5.41, 5.74) is 3.20. The molecule has 1 heterocycles. The normalized spacial score (nSPS) is 11.6. The minimum Gasteiger partial charge on any atom is -0.357 e. The lowest BCUT2D eigenvalue weighted by Crippen LogP contribution is -2.22. The molecule has 0 saturated heterocycles. The van der Waals surface area contributed by atoms with Gasteiger partial charge >= 0.3 is 0 Å². The first-order chi connectivity index (χ1) is 7.58. The van der Waals surface area contributed by atoms with Crippen LogP contribution in [0.15, 0.2) is 18.2 Å². The van der Waals surface area contributed by atoms with E-state index in [0.717, 1.165) is 23.1 Å². The van der Waals surface area contributed by atoms with Crippen molar-refractivity contribution in [1.82, 2.24) is 10.3 Å². The molecule has 3 heteroatoms. The van der Waals surface area contributed by atoms with Crippen LogP contribution in [0.5, 0.6) is 0 Å². The maximum absolute atomic E-state index is 13.1. The number of aryl methyl sites for hydroxylation is 1. The van der Waals surface area contributed by atoms with Crippen molar-refractivity contribution in [2.75, 3.05) is 0 Å². The lowest BCUT2D eigenvalue weighted by molar-refractivity contribution is 0.582. The number of benzene rings is 1. The molecule has 0 bridgehead atoms. The third kappa shape index (κ3) is 2.09. The van der Waals surface area contributed by atoms with Crippen LogP contribution in [0.4, 0.5) is 4.39 Å². The number of fused-ring (bicyclic) bond motifs is 1. The Hall–Kier alpha value is -1.35. The molecule has 0 aliphatic rings. The van der Waals surface area contributed by atoms with E-state index in [4.69, 9.17) is 0 Å².